The van der Waals surface area contributed by atoms with Gasteiger partial charge in [-0.3, -0.25) is 9.59 Å². The van der Waals surface area contributed by atoms with Crippen LogP contribution in [0.5, 0.6) is 0 Å². The minimum absolute atomic E-state index is 0.0554. The Hall–Kier alpha value is -1.97. The molecule has 0 aliphatic carbocycles. The topological polar surface area (TPSA) is 113 Å². The van der Waals surface area contributed by atoms with Gasteiger partial charge in [0.25, 0.3) is 5.91 Å². The van der Waals surface area contributed by atoms with E-state index in [9.17, 15) is 22.8 Å². The van der Waals surface area contributed by atoms with E-state index >= 15 is 0 Å². The molecular weight excluding hydrogens is 338 g/mol. The zero-order valence-electron chi connectivity index (χ0n) is 13.7. The molecule has 1 atom stereocenters. The highest BCUT2D eigenvalue weighted by atomic mass is 32.2. The summed E-state index contributed by atoms with van der Waals surface area (Å²) in [6.07, 6.45) is 0.740. The molecule has 0 aromatic carbocycles. The summed E-state index contributed by atoms with van der Waals surface area (Å²) in [6.45, 7) is 1.62. The first-order valence-electron chi connectivity index (χ1n) is 7.74. The number of carbonyl (C=O) groups excluding carboxylic acids is 3. The van der Waals surface area contributed by atoms with Crippen LogP contribution in [0.3, 0.4) is 0 Å². The maximum atomic E-state index is 12.2. The number of esters is 1. The Balaban J connectivity index is 1.91. The van der Waals surface area contributed by atoms with E-state index in [4.69, 9.17) is 4.74 Å². The number of carbonyl (C=O) groups is 3. The lowest BCUT2D eigenvalue weighted by molar-refractivity contribution is -0.148. The van der Waals surface area contributed by atoms with E-state index in [0.717, 1.165) is 5.01 Å². The molecule has 2 rings (SSSR count). The van der Waals surface area contributed by atoms with Crippen LogP contribution in [0.1, 0.15) is 26.2 Å². The Morgan fingerprint density at radius 1 is 1.38 bits per heavy atom. The first-order chi connectivity index (χ1) is 11.2. The van der Waals surface area contributed by atoms with Crippen LogP contribution in [-0.2, 0) is 29.0 Å². The maximum absolute atomic E-state index is 12.2. The first kappa shape index (κ1) is 18.4. The molecule has 10 heteroatoms. The third kappa shape index (κ3) is 4.31. The number of sulfone groups is 1. The summed E-state index contributed by atoms with van der Waals surface area (Å²) in [6, 6.07) is -0.373. The van der Waals surface area contributed by atoms with E-state index in [2.05, 4.69) is 5.10 Å². The van der Waals surface area contributed by atoms with Crippen molar-refractivity contribution in [2.45, 2.75) is 32.2 Å². The molecule has 1 fully saturated rings. The van der Waals surface area contributed by atoms with Crippen molar-refractivity contribution in [2.24, 2.45) is 5.10 Å². The van der Waals surface area contributed by atoms with Crippen LogP contribution in [0.2, 0.25) is 0 Å². The van der Waals surface area contributed by atoms with Crippen molar-refractivity contribution in [2.75, 3.05) is 31.7 Å². The lowest BCUT2D eigenvalue weighted by atomic mass is 10.2. The van der Waals surface area contributed by atoms with Gasteiger partial charge in [0.15, 0.2) is 16.4 Å². The largest absolute Gasteiger partial charge is 0.451 e. The second kappa shape index (κ2) is 7.29. The molecule has 9 nitrogen and oxygen atoms in total. The zero-order chi connectivity index (χ0) is 17.9. The quantitative estimate of drug-likeness (QED) is 0.592. The average Bonchev–Trinajstić information content (AvgIpc) is 2.88. The third-order valence-electron chi connectivity index (χ3n) is 4.08. The van der Waals surface area contributed by atoms with Gasteiger partial charge in [0.1, 0.15) is 5.71 Å². The fourth-order valence-electron chi connectivity index (χ4n) is 2.77. The van der Waals surface area contributed by atoms with Crippen molar-refractivity contribution in [1.29, 1.82) is 0 Å². The number of ether oxygens (including phenoxy) is 1. The highest BCUT2D eigenvalue weighted by Crippen LogP contribution is 2.18. The molecule has 1 unspecified atom stereocenters. The van der Waals surface area contributed by atoms with Crippen LogP contribution in [0.4, 0.5) is 0 Å². The Labute approximate surface area is 140 Å². The van der Waals surface area contributed by atoms with E-state index in [1.807, 2.05) is 0 Å². The molecule has 2 heterocycles. The van der Waals surface area contributed by atoms with Crippen LogP contribution < -0.4 is 0 Å². The van der Waals surface area contributed by atoms with Gasteiger partial charge in [-0.2, -0.15) is 5.10 Å². The number of nitrogens with zero attached hydrogens (tertiary/aromatic N) is 3. The van der Waals surface area contributed by atoms with Crippen LogP contribution in [0, 0.1) is 0 Å². The normalized spacial score (nSPS) is 22.9. The fraction of sp³-hybridized carbons (Fsp3) is 0.714. The summed E-state index contributed by atoms with van der Waals surface area (Å²) in [5.41, 5.74) is 0.0939. The Kier molecular flexibility index (Phi) is 5.58. The van der Waals surface area contributed by atoms with Gasteiger partial charge in [-0.1, -0.05) is 0 Å². The van der Waals surface area contributed by atoms with Crippen molar-refractivity contribution >= 4 is 33.3 Å². The third-order valence-corrected chi connectivity index (χ3v) is 5.83. The molecule has 0 aromatic heterocycles. The summed E-state index contributed by atoms with van der Waals surface area (Å²) in [7, 11) is -1.66. The Morgan fingerprint density at radius 3 is 2.62 bits per heavy atom. The van der Waals surface area contributed by atoms with Gasteiger partial charge in [-0.15, -0.1) is 0 Å². The molecule has 0 spiro atoms. The lowest BCUT2D eigenvalue weighted by Gasteiger charge is -2.26. The molecule has 134 valence electrons. The van der Waals surface area contributed by atoms with Gasteiger partial charge in [-0.05, 0) is 13.3 Å². The first-order valence-corrected chi connectivity index (χ1v) is 9.56. The van der Waals surface area contributed by atoms with Crippen molar-refractivity contribution in [3.8, 4) is 0 Å². The molecule has 0 bridgehead atoms. The van der Waals surface area contributed by atoms with E-state index in [-0.39, 0.29) is 42.0 Å². The summed E-state index contributed by atoms with van der Waals surface area (Å²) < 4.78 is 28.1. The summed E-state index contributed by atoms with van der Waals surface area (Å²) in [5.74, 6) is -1.35. The maximum Gasteiger partial charge on any atom is 0.355 e. The molecule has 2 aliphatic heterocycles. The minimum atomic E-state index is -3.10. The number of amides is 2. The standard InChI is InChI=1S/C14H21N3O6S/c1-3-17(10-6-7-24(21,22)9-10)13(19)8-23-14(20)11-4-5-12(18)16(2)15-11/h10H,3-9H2,1-2H3. The van der Waals surface area contributed by atoms with Crippen molar-refractivity contribution < 1.29 is 27.5 Å². The van der Waals surface area contributed by atoms with Gasteiger partial charge in [0.2, 0.25) is 5.91 Å². The van der Waals surface area contributed by atoms with Crippen LogP contribution in [0.25, 0.3) is 0 Å². The summed E-state index contributed by atoms with van der Waals surface area (Å²) in [4.78, 5) is 36.9. The lowest BCUT2D eigenvalue weighted by Crippen LogP contribution is -2.43. The van der Waals surface area contributed by atoms with Crippen LogP contribution >= 0.6 is 0 Å². The predicted molar refractivity (Wildman–Crippen MR) is 84.8 cm³/mol. The number of hydrogen-bond acceptors (Lipinski definition) is 7. The van der Waals surface area contributed by atoms with E-state index in [1.165, 1.54) is 11.9 Å². The monoisotopic (exact) mass is 359 g/mol. The van der Waals surface area contributed by atoms with Gasteiger partial charge in [-0.25, -0.2) is 18.2 Å². The molecule has 24 heavy (non-hydrogen) atoms. The Bertz CT molecular complexity index is 672. The smallest absolute Gasteiger partial charge is 0.355 e. The molecule has 0 saturated carbocycles. The molecule has 2 amide bonds. The van der Waals surface area contributed by atoms with E-state index < -0.39 is 28.3 Å². The highest BCUT2D eigenvalue weighted by molar-refractivity contribution is 7.91. The molecular formula is C14H21N3O6S. The van der Waals surface area contributed by atoms with Gasteiger partial charge in [0, 0.05) is 32.5 Å². The van der Waals surface area contributed by atoms with Crippen molar-refractivity contribution in [1.82, 2.24) is 9.91 Å². The van der Waals surface area contributed by atoms with E-state index in [0.29, 0.717) is 13.0 Å². The highest BCUT2D eigenvalue weighted by Gasteiger charge is 2.34. The van der Waals surface area contributed by atoms with E-state index in [1.54, 1.807) is 6.92 Å². The van der Waals surface area contributed by atoms with Gasteiger partial charge >= 0.3 is 5.97 Å². The molecule has 0 aromatic rings. The van der Waals surface area contributed by atoms with Crippen molar-refractivity contribution in [3.05, 3.63) is 0 Å². The van der Waals surface area contributed by atoms with Crippen LogP contribution in [0.15, 0.2) is 5.10 Å². The zero-order valence-corrected chi connectivity index (χ0v) is 14.5. The SMILES string of the molecule is CCN(C(=O)COC(=O)C1=NN(C)C(=O)CC1)C1CCS(=O)(=O)C1. The predicted octanol–water partition coefficient (Wildman–Crippen LogP) is -0.827. The number of likely N-dealkylation sites (N-methyl/N-ethyl adjacent to an activating group) is 1. The molecule has 1 saturated heterocycles. The summed E-state index contributed by atoms with van der Waals surface area (Å²) in [5, 5.41) is 4.90. The second-order valence-electron chi connectivity index (χ2n) is 5.78. The number of hydrogen-bond donors (Lipinski definition) is 0. The molecule has 0 radical (unpaired) electrons. The molecule has 0 N–H and O–H groups in total. The minimum Gasteiger partial charge on any atom is -0.451 e. The fourth-order valence-corrected chi connectivity index (χ4v) is 4.50. The number of rotatable bonds is 5. The van der Waals surface area contributed by atoms with Crippen LogP contribution in [-0.4, -0.2) is 79.6 Å². The number of hydrazone groups is 1. The van der Waals surface area contributed by atoms with Gasteiger partial charge < -0.3 is 9.64 Å². The molecule has 2 aliphatic rings. The second-order valence-corrected chi connectivity index (χ2v) is 8.01. The van der Waals surface area contributed by atoms with Crippen molar-refractivity contribution in [3.63, 3.8) is 0 Å². The Morgan fingerprint density at radius 2 is 2.08 bits per heavy atom. The van der Waals surface area contributed by atoms with Gasteiger partial charge in [0.05, 0.1) is 11.5 Å². The average molecular weight is 359 g/mol. The summed E-state index contributed by atoms with van der Waals surface area (Å²) >= 11 is 0.